The molecule has 1 aliphatic heterocycles. The van der Waals surface area contributed by atoms with Crippen molar-refractivity contribution in [3.63, 3.8) is 0 Å². The van der Waals surface area contributed by atoms with Crippen LogP contribution < -0.4 is 5.32 Å². The first-order valence-corrected chi connectivity index (χ1v) is 8.32. The van der Waals surface area contributed by atoms with Crippen LogP contribution in [0.2, 0.25) is 0 Å². The van der Waals surface area contributed by atoms with Crippen molar-refractivity contribution in [3.8, 4) is 0 Å². The summed E-state index contributed by atoms with van der Waals surface area (Å²) in [6.07, 6.45) is 11.4. The lowest BCUT2D eigenvalue weighted by Crippen LogP contribution is -2.47. The molecule has 0 amide bonds. The van der Waals surface area contributed by atoms with Crippen LogP contribution in [0.3, 0.4) is 0 Å². The molecule has 1 N–H and O–H groups in total. The first-order valence-electron chi connectivity index (χ1n) is 8.32. The van der Waals surface area contributed by atoms with Crippen molar-refractivity contribution in [3.05, 3.63) is 0 Å². The Bertz CT molecular complexity index is 229. The predicted octanol–water partition coefficient (Wildman–Crippen LogP) is 3.42. The molecule has 106 valence electrons. The fraction of sp³-hybridized carbons (Fsp3) is 1.00. The van der Waals surface area contributed by atoms with E-state index in [1.54, 1.807) is 0 Å². The second-order valence-electron chi connectivity index (χ2n) is 6.28. The minimum Gasteiger partial charge on any atom is -0.313 e. The molecule has 2 fully saturated rings. The summed E-state index contributed by atoms with van der Waals surface area (Å²) in [7, 11) is 0. The highest BCUT2D eigenvalue weighted by molar-refractivity contribution is 4.91. The van der Waals surface area contributed by atoms with Gasteiger partial charge in [-0.1, -0.05) is 33.1 Å². The number of rotatable bonds is 5. The standard InChI is InChI=1S/C16H32N2/c1-3-7-14-8-6-12-18(13-11-14)16-10-5-9-15(16)17-4-2/h14-17H,3-13H2,1-2H3. The smallest absolute Gasteiger partial charge is 0.0249 e. The zero-order valence-electron chi connectivity index (χ0n) is 12.5. The van der Waals surface area contributed by atoms with Crippen LogP contribution in [0.5, 0.6) is 0 Å². The highest BCUT2D eigenvalue weighted by Gasteiger charge is 2.32. The fourth-order valence-corrected chi connectivity index (χ4v) is 4.09. The Morgan fingerprint density at radius 2 is 1.89 bits per heavy atom. The van der Waals surface area contributed by atoms with E-state index in [2.05, 4.69) is 24.1 Å². The minimum absolute atomic E-state index is 0.776. The SMILES string of the molecule is CCCC1CCCN(C2CCCC2NCC)CC1. The zero-order chi connectivity index (χ0) is 12.8. The number of hydrogen-bond acceptors (Lipinski definition) is 2. The molecule has 0 radical (unpaired) electrons. The van der Waals surface area contributed by atoms with Crippen LogP contribution in [0, 0.1) is 5.92 Å². The zero-order valence-corrected chi connectivity index (χ0v) is 12.5. The molecule has 0 bridgehead atoms. The van der Waals surface area contributed by atoms with E-state index in [4.69, 9.17) is 0 Å². The Morgan fingerprint density at radius 1 is 1.00 bits per heavy atom. The van der Waals surface area contributed by atoms with E-state index >= 15 is 0 Å². The average Bonchev–Trinajstić information content (AvgIpc) is 2.69. The van der Waals surface area contributed by atoms with E-state index in [9.17, 15) is 0 Å². The van der Waals surface area contributed by atoms with Gasteiger partial charge >= 0.3 is 0 Å². The summed E-state index contributed by atoms with van der Waals surface area (Å²) < 4.78 is 0. The Kier molecular flexibility index (Phi) is 5.97. The second kappa shape index (κ2) is 7.49. The molecule has 1 aliphatic carbocycles. The first kappa shape index (κ1) is 14.3. The van der Waals surface area contributed by atoms with Crippen LogP contribution in [0.15, 0.2) is 0 Å². The lowest BCUT2D eigenvalue weighted by atomic mass is 9.96. The van der Waals surface area contributed by atoms with Gasteiger partial charge in [0.1, 0.15) is 0 Å². The minimum atomic E-state index is 0.776. The van der Waals surface area contributed by atoms with Crippen LogP contribution in [0.1, 0.15) is 65.2 Å². The quantitative estimate of drug-likeness (QED) is 0.806. The van der Waals surface area contributed by atoms with Gasteiger partial charge in [-0.05, 0) is 57.7 Å². The number of likely N-dealkylation sites (tertiary alicyclic amines) is 1. The maximum atomic E-state index is 3.71. The maximum absolute atomic E-state index is 3.71. The van der Waals surface area contributed by atoms with E-state index in [1.165, 1.54) is 64.5 Å². The molecule has 0 aromatic rings. The van der Waals surface area contributed by atoms with Gasteiger partial charge < -0.3 is 5.32 Å². The molecule has 3 atom stereocenters. The van der Waals surface area contributed by atoms with E-state index in [0.717, 1.165) is 24.5 Å². The Labute approximate surface area is 114 Å². The molecule has 0 aromatic heterocycles. The van der Waals surface area contributed by atoms with Gasteiger partial charge in [0.2, 0.25) is 0 Å². The fourth-order valence-electron chi connectivity index (χ4n) is 4.09. The molecule has 2 nitrogen and oxygen atoms in total. The van der Waals surface area contributed by atoms with Crippen molar-refractivity contribution in [1.29, 1.82) is 0 Å². The Balaban J connectivity index is 1.85. The summed E-state index contributed by atoms with van der Waals surface area (Å²) in [5, 5.41) is 3.71. The maximum Gasteiger partial charge on any atom is 0.0249 e. The van der Waals surface area contributed by atoms with Crippen LogP contribution >= 0.6 is 0 Å². The van der Waals surface area contributed by atoms with Crippen molar-refractivity contribution in [2.24, 2.45) is 5.92 Å². The Morgan fingerprint density at radius 3 is 2.67 bits per heavy atom. The topological polar surface area (TPSA) is 15.3 Å². The number of nitrogens with zero attached hydrogens (tertiary/aromatic N) is 1. The molecule has 0 aromatic carbocycles. The van der Waals surface area contributed by atoms with Crippen LogP contribution in [-0.2, 0) is 0 Å². The van der Waals surface area contributed by atoms with Gasteiger partial charge in [0.25, 0.3) is 0 Å². The molecule has 2 heteroatoms. The third-order valence-corrected chi connectivity index (χ3v) is 4.99. The first-order chi connectivity index (χ1) is 8.85. The second-order valence-corrected chi connectivity index (χ2v) is 6.28. The highest BCUT2D eigenvalue weighted by atomic mass is 15.2. The lowest BCUT2D eigenvalue weighted by Gasteiger charge is -2.32. The van der Waals surface area contributed by atoms with Crippen molar-refractivity contribution in [2.75, 3.05) is 19.6 Å². The summed E-state index contributed by atoms with van der Waals surface area (Å²) in [5.74, 6) is 1.01. The molecule has 1 saturated heterocycles. The largest absolute Gasteiger partial charge is 0.313 e. The summed E-state index contributed by atoms with van der Waals surface area (Å²) in [4.78, 5) is 2.82. The van der Waals surface area contributed by atoms with Gasteiger partial charge in [-0.2, -0.15) is 0 Å². The normalized spacial score (nSPS) is 34.7. The summed E-state index contributed by atoms with van der Waals surface area (Å²) in [6, 6.07) is 1.61. The van der Waals surface area contributed by atoms with E-state index in [1.807, 2.05) is 0 Å². The van der Waals surface area contributed by atoms with Crippen molar-refractivity contribution in [1.82, 2.24) is 10.2 Å². The number of nitrogens with one attached hydrogen (secondary N) is 1. The molecule has 18 heavy (non-hydrogen) atoms. The van der Waals surface area contributed by atoms with Gasteiger partial charge in [0.15, 0.2) is 0 Å². The van der Waals surface area contributed by atoms with Crippen molar-refractivity contribution >= 4 is 0 Å². The molecule has 2 rings (SSSR count). The molecule has 1 heterocycles. The summed E-state index contributed by atoms with van der Waals surface area (Å²) in [6.45, 7) is 8.42. The van der Waals surface area contributed by atoms with E-state index < -0.39 is 0 Å². The third kappa shape index (κ3) is 3.71. The van der Waals surface area contributed by atoms with Crippen LogP contribution in [0.4, 0.5) is 0 Å². The number of hydrogen-bond donors (Lipinski definition) is 1. The van der Waals surface area contributed by atoms with Gasteiger partial charge in [-0.3, -0.25) is 4.90 Å². The average molecular weight is 252 g/mol. The molecule has 2 aliphatic rings. The molecular formula is C16H32N2. The van der Waals surface area contributed by atoms with Crippen LogP contribution in [-0.4, -0.2) is 36.6 Å². The molecular weight excluding hydrogens is 220 g/mol. The van der Waals surface area contributed by atoms with Crippen LogP contribution in [0.25, 0.3) is 0 Å². The van der Waals surface area contributed by atoms with Gasteiger partial charge in [0, 0.05) is 12.1 Å². The predicted molar refractivity (Wildman–Crippen MR) is 78.9 cm³/mol. The van der Waals surface area contributed by atoms with Crippen molar-refractivity contribution < 1.29 is 0 Å². The third-order valence-electron chi connectivity index (χ3n) is 4.99. The van der Waals surface area contributed by atoms with E-state index in [0.29, 0.717) is 0 Å². The van der Waals surface area contributed by atoms with E-state index in [-0.39, 0.29) is 0 Å². The Hall–Kier alpha value is -0.0800. The summed E-state index contributed by atoms with van der Waals surface area (Å²) >= 11 is 0. The van der Waals surface area contributed by atoms with Crippen molar-refractivity contribution in [2.45, 2.75) is 77.3 Å². The van der Waals surface area contributed by atoms with Gasteiger partial charge in [-0.25, -0.2) is 0 Å². The summed E-state index contributed by atoms with van der Waals surface area (Å²) in [5.41, 5.74) is 0. The molecule has 0 spiro atoms. The monoisotopic (exact) mass is 252 g/mol. The highest BCUT2D eigenvalue weighted by Crippen LogP contribution is 2.29. The lowest BCUT2D eigenvalue weighted by molar-refractivity contribution is 0.177. The molecule has 3 unspecified atom stereocenters. The van der Waals surface area contributed by atoms with Gasteiger partial charge in [-0.15, -0.1) is 0 Å². The molecule has 1 saturated carbocycles. The van der Waals surface area contributed by atoms with Gasteiger partial charge in [0.05, 0.1) is 0 Å². The number of likely N-dealkylation sites (N-methyl/N-ethyl adjacent to an activating group) is 1.